The summed E-state index contributed by atoms with van der Waals surface area (Å²) < 4.78 is 0. The largest absolute Gasteiger partial charge is 0.300 e. The Morgan fingerprint density at radius 2 is 2.27 bits per heavy atom. The Balaban J connectivity index is 1.85. The van der Waals surface area contributed by atoms with Gasteiger partial charge < -0.3 is 0 Å². The highest BCUT2D eigenvalue weighted by Gasteiger charge is 2.42. The molecule has 1 fully saturated rings. The van der Waals surface area contributed by atoms with Gasteiger partial charge in [-0.25, -0.2) is 0 Å². The lowest BCUT2D eigenvalue weighted by molar-refractivity contribution is 0.268. The second kappa shape index (κ2) is 4.62. The molecule has 0 aromatic carbocycles. The van der Waals surface area contributed by atoms with Crippen molar-refractivity contribution in [2.75, 3.05) is 18.9 Å². The van der Waals surface area contributed by atoms with E-state index in [9.17, 15) is 0 Å². The van der Waals surface area contributed by atoms with Crippen molar-refractivity contribution in [2.24, 2.45) is 5.41 Å². The molecule has 1 aliphatic carbocycles. The van der Waals surface area contributed by atoms with E-state index >= 15 is 0 Å². The molecule has 1 aromatic rings. The van der Waals surface area contributed by atoms with Crippen LogP contribution >= 0.6 is 15.9 Å². The molecule has 1 heterocycles. The summed E-state index contributed by atoms with van der Waals surface area (Å²) in [5.41, 5.74) is 1.72. The van der Waals surface area contributed by atoms with Crippen molar-refractivity contribution in [2.45, 2.75) is 19.4 Å². The van der Waals surface area contributed by atoms with E-state index in [-0.39, 0.29) is 0 Å². The number of alkyl halides is 1. The standard InChI is InChI=1S/C12H17BrN2/c1-15(10-12(9-13)5-6-12)8-11-4-2-3-7-14-11/h2-4,7H,5-6,8-10H2,1H3. The summed E-state index contributed by atoms with van der Waals surface area (Å²) in [7, 11) is 2.18. The average molecular weight is 269 g/mol. The zero-order valence-corrected chi connectivity index (χ0v) is 10.7. The van der Waals surface area contributed by atoms with Crippen molar-refractivity contribution in [1.82, 2.24) is 9.88 Å². The Morgan fingerprint density at radius 3 is 2.80 bits per heavy atom. The molecule has 1 saturated carbocycles. The van der Waals surface area contributed by atoms with Crippen molar-refractivity contribution in [3.63, 3.8) is 0 Å². The van der Waals surface area contributed by atoms with Crippen molar-refractivity contribution in [3.8, 4) is 0 Å². The molecule has 0 N–H and O–H groups in total. The predicted molar refractivity (Wildman–Crippen MR) is 66.0 cm³/mol. The van der Waals surface area contributed by atoms with Crippen LogP contribution in [0.5, 0.6) is 0 Å². The third-order valence-electron chi connectivity index (χ3n) is 3.00. The molecular weight excluding hydrogens is 252 g/mol. The van der Waals surface area contributed by atoms with Crippen molar-refractivity contribution in [1.29, 1.82) is 0 Å². The maximum Gasteiger partial charge on any atom is 0.0543 e. The molecule has 82 valence electrons. The summed E-state index contributed by atoms with van der Waals surface area (Å²) >= 11 is 3.61. The fourth-order valence-corrected chi connectivity index (χ4v) is 2.65. The molecule has 0 radical (unpaired) electrons. The van der Waals surface area contributed by atoms with Gasteiger partial charge in [0.2, 0.25) is 0 Å². The van der Waals surface area contributed by atoms with Gasteiger partial charge in [0.05, 0.1) is 5.69 Å². The van der Waals surface area contributed by atoms with Gasteiger partial charge in [-0.05, 0) is 37.4 Å². The zero-order valence-electron chi connectivity index (χ0n) is 9.12. The Hall–Kier alpha value is -0.410. The van der Waals surface area contributed by atoms with E-state index in [1.165, 1.54) is 19.4 Å². The first-order valence-corrected chi connectivity index (χ1v) is 6.51. The van der Waals surface area contributed by atoms with Crippen LogP contribution in [0.15, 0.2) is 24.4 Å². The summed E-state index contributed by atoms with van der Waals surface area (Å²) in [6, 6.07) is 6.10. The van der Waals surface area contributed by atoms with Crippen LogP contribution in [0.4, 0.5) is 0 Å². The van der Waals surface area contributed by atoms with Crippen LogP contribution < -0.4 is 0 Å². The van der Waals surface area contributed by atoms with Gasteiger partial charge in [0.25, 0.3) is 0 Å². The lowest BCUT2D eigenvalue weighted by Gasteiger charge is -2.21. The first kappa shape index (κ1) is 11.1. The Labute approximate surface area is 99.8 Å². The Kier molecular flexibility index (Phi) is 3.42. The molecule has 0 amide bonds. The van der Waals surface area contributed by atoms with E-state index in [1.54, 1.807) is 0 Å². The van der Waals surface area contributed by atoms with E-state index in [0.717, 1.165) is 17.6 Å². The maximum absolute atomic E-state index is 4.34. The monoisotopic (exact) mass is 268 g/mol. The van der Waals surface area contributed by atoms with Gasteiger partial charge in [-0.1, -0.05) is 22.0 Å². The highest BCUT2D eigenvalue weighted by Crippen LogP contribution is 2.47. The Bertz CT molecular complexity index is 309. The lowest BCUT2D eigenvalue weighted by atomic mass is 10.1. The fourth-order valence-electron chi connectivity index (χ4n) is 1.91. The number of nitrogens with zero attached hydrogens (tertiary/aromatic N) is 2. The number of halogens is 1. The molecule has 15 heavy (non-hydrogen) atoms. The first-order valence-electron chi connectivity index (χ1n) is 5.39. The zero-order chi connectivity index (χ0) is 10.7. The third-order valence-corrected chi connectivity index (χ3v) is 4.19. The van der Waals surface area contributed by atoms with Crippen molar-refractivity contribution in [3.05, 3.63) is 30.1 Å². The molecular formula is C12H17BrN2. The van der Waals surface area contributed by atoms with Crippen LogP contribution in [-0.2, 0) is 6.54 Å². The molecule has 0 spiro atoms. The molecule has 1 aliphatic rings. The van der Waals surface area contributed by atoms with Gasteiger partial charge in [-0.2, -0.15) is 0 Å². The number of pyridine rings is 1. The quantitative estimate of drug-likeness (QED) is 0.764. The van der Waals surface area contributed by atoms with Crippen LogP contribution in [-0.4, -0.2) is 28.8 Å². The first-order chi connectivity index (χ1) is 7.24. The number of hydrogen-bond acceptors (Lipinski definition) is 2. The molecule has 0 atom stereocenters. The van der Waals surface area contributed by atoms with E-state index in [4.69, 9.17) is 0 Å². The third kappa shape index (κ3) is 3.02. The number of aromatic nitrogens is 1. The van der Waals surface area contributed by atoms with Gasteiger partial charge in [-0.3, -0.25) is 9.88 Å². The summed E-state index contributed by atoms with van der Waals surface area (Å²) in [6.07, 6.45) is 4.59. The van der Waals surface area contributed by atoms with Crippen molar-refractivity contribution >= 4 is 15.9 Å². The van der Waals surface area contributed by atoms with E-state index in [0.29, 0.717) is 5.41 Å². The summed E-state index contributed by atoms with van der Waals surface area (Å²) in [5, 5.41) is 1.13. The molecule has 1 aromatic heterocycles. The maximum atomic E-state index is 4.34. The minimum Gasteiger partial charge on any atom is -0.300 e. The van der Waals surface area contributed by atoms with E-state index in [2.05, 4.69) is 38.9 Å². The fraction of sp³-hybridized carbons (Fsp3) is 0.583. The summed E-state index contributed by atoms with van der Waals surface area (Å²) in [6.45, 7) is 2.13. The molecule has 0 aliphatic heterocycles. The van der Waals surface area contributed by atoms with E-state index < -0.39 is 0 Å². The van der Waals surface area contributed by atoms with Gasteiger partial charge >= 0.3 is 0 Å². The van der Waals surface area contributed by atoms with Crippen molar-refractivity contribution < 1.29 is 0 Å². The normalized spacial score (nSPS) is 18.1. The van der Waals surface area contributed by atoms with Crippen LogP contribution in [0.3, 0.4) is 0 Å². The van der Waals surface area contributed by atoms with Crippen LogP contribution in [0, 0.1) is 5.41 Å². The SMILES string of the molecule is CN(Cc1ccccn1)CC1(CBr)CC1. The second-order valence-electron chi connectivity index (χ2n) is 4.63. The predicted octanol–water partition coefficient (Wildman–Crippen LogP) is 2.69. The van der Waals surface area contributed by atoms with Crippen LogP contribution in [0.2, 0.25) is 0 Å². The van der Waals surface area contributed by atoms with E-state index in [1.807, 2.05) is 18.3 Å². The smallest absolute Gasteiger partial charge is 0.0543 e. The number of hydrogen-bond donors (Lipinski definition) is 0. The molecule has 0 bridgehead atoms. The summed E-state index contributed by atoms with van der Waals surface area (Å²) in [4.78, 5) is 6.71. The van der Waals surface area contributed by atoms with Gasteiger partial charge in [0.15, 0.2) is 0 Å². The summed E-state index contributed by atoms with van der Waals surface area (Å²) in [5.74, 6) is 0. The highest BCUT2D eigenvalue weighted by molar-refractivity contribution is 9.09. The molecule has 2 rings (SSSR count). The molecule has 0 saturated heterocycles. The van der Waals surface area contributed by atoms with Crippen LogP contribution in [0.1, 0.15) is 18.5 Å². The minimum atomic E-state index is 0.559. The molecule has 3 heteroatoms. The van der Waals surface area contributed by atoms with Gasteiger partial charge in [0, 0.05) is 24.6 Å². The Morgan fingerprint density at radius 1 is 1.47 bits per heavy atom. The number of rotatable bonds is 5. The lowest BCUT2D eigenvalue weighted by Crippen LogP contribution is -2.27. The topological polar surface area (TPSA) is 16.1 Å². The second-order valence-corrected chi connectivity index (χ2v) is 5.19. The van der Waals surface area contributed by atoms with Gasteiger partial charge in [0.1, 0.15) is 0 Å². The average Bonchev–Trinajstić information content (AvgIpc) is 3.00. The molecule has 2 nitrogen and oxygen atoms in total. The highest BCUT2D eigenvalue weighted by atomic mass is 79.9. The molecule has 0 unspecified atom stereocenters. The van der Waals surface area contributed by atoms with Gasteiger partial charge in [-0.15, -0.1) is 0 Å². The van der Waals surface area contributed by atoms with Crippen LogP contribution in [0.25, 0.3) is 0 Å². The minimum absolute atomic E-state index is 0.559.